The highest BCUT2D eigenvalue weighted by Gasteiger charge is 2.18. The van der Waals surface area contributed by atoms with Gasteiger partial charge in [-0.2, -0.15) is 0 Å². The number of carbonyl (C=O) groups is 2. The molecule has 178 valence electrons. The third-order valence-electron chi connectivity index (χ3n) is 5.80. The van der Waals surface area contributed by atoms with Crippen molar-refractivity contribution >= 4 is 49.9 Å². The first kappa shape index (κ1) is 24.5. The van der Waals surface area contributed by atoms with Gasteiger partial charge in [-0.15, -0.1) is 0 Å². The summed E-state index contributed by atoms with van der Waals surface area (Å²) in [5, 5.41) is 7.70. The molecule has 0 aliphatic carbocycles. The van der Waals surface area contributed by atoms with Crippen LogP contribution >= 0.6 is 15.9 Å². The summed E-state index contributed by atoms with van der Waals surface area (Å²) in [6.07, 6.45) is 0. The molecule has 0 aromatic heterocycles. The molecule has 0 bridgehead atoms. The van der Waals surface area contributed by atoms with Crippen molar-refractivity contribution in [1.82, 2.24) is 0 Å². The molecule has 0 spiro atoms. The second kappa shape index (κ2) is 9.92. The quantitative estimate of drug-likeness (QED) is 0.282. The van der Waals surface area contributed by atoms with Crippen molar-refractivity contribution in [2.45, 2.75) is 26.2 Å². The Bertz CT molecular complexity index is 1390. The molecule has 0 fully saturated rings. The number of benzene rings is 4. The average molecular weight is 531 g/mol. The van der Waals surface area contributed by atoms with E-state index in [-0.39, 0.29) is 17.2 Å². The lowest BCUT2D eigenvalue weighted by molar-refractivity contribution is 0.101. The van der Waals surface area contributed by atoms with E-state index in [1.807, 2.05) is 54.6 Å². The van der Waals surface area contributed by atoms with Crippen molar-refractivity contribution in [3.8, 4) is 5.75 Å². The topological polar surface area (TPSA) is 67.4 Å². The molecule has 0 radical (unpaired) electrons. The van der Waals surface area contributed by atoms with Crippen LogP contribution in [0.25, 0.3) is 10.8 Å². The molecule has 0 aliphatic rings. The maximum absolute atomic E-state index is 13.1. The zero-order chi connectivity index (χ0) is 25.2. The molecule has 4 aromatic carbocycles. The van der Waals surface area contributed by atoms with Crippen LogP contribution in [0.4, 0.5) is 11.4 Å². The van der Waals surface area contributed by atoms with Gasteiger partial charge in [0.05, 0.1) is 17.1 Å². The first-order chi connectivity index (χ1) is 16.7. The van der Waals surface area contributed by atoms with Crippen molar-refractivity contribution in [2.75, 3.05) is 17.7 Å². The molecule has 4 aromatic rings. The van der Waals surface area contributed by atoms with Crippen LogP contribution in [0.3, 0.4) is 0 Å². The predicted octanol–water partition coefficient (Wildman–Crippen LogP) is 7.41. The fourth-order valence-corrected chi connectivity index (χ4v) is 4.55. The molecular formula is C29H27BrN2O3. The Balaban J connectivity index is 1.47. The van der Waals surface area contributed by atoms with Crippen molar-refractivity contribution in [2.24, 2.45) is 0 Å². The number of nitrogens with one attached hydrogen (secondary N) is 2. The zero-order valence-electron chi connectivity index (χ0n) is 20.1. The SMILES string of the molecule is COc1c(C(=O)Nc2ccc(NC(=O)c3ccc(C(C)(C)C)cc3)cc2)cc2ccccc2c1Br. The van der Waals surface area contributed by atoms with Crippen LogP contribution in [-0.2, 0) is 5.41 Å². The Morgan fingerprint density at radius 3 is 1.94 bits per heavy atom. The molecule has 5 nitrogen and oxygen atoms in total. The van der Waals surface area contributed by atoms with Crippen LogP contribution in [0.15, 0.2) is 83.3 Å². The average Bonchev–Trinajstić information content (AvgIpc) is 2.84. The Morgan fingerprint density at radius 2 is 1.37 bits per heavy atom. The first-order valence-electron chi connectivity index (χ1n) is 11.3. The number of anilines is 2. The molecule has 2 amide bonds. The maximum Gasteiger partial charge on any atom is 0.259 e. The third-order valence-corrected chi connectivity index (χ3v) is 6.59. The minimum atomic E-state index is -0.288. The van der Waals surface area contributed by atoms with Crippen LogP contribution in [0.1, 0.15) is 47.1 Å². The summed E-state index contributed by atoms with van der Waals surface area (Å²) in [5.74, 6) is -0.000385. The summed E-state index contributed by atoms with van der Waals surface area (Å²) in [7, 11) is 1.54. The van der Waals surface area contributed by atoms with E-state index >= 15 is 0 Å². The van der Waals surface area contributed by atoms with Gasteiger partial charge in [-0.25, -0.2) is 0 Å². The summed E-state index contributed by atoms with van der Waals surface area (Å²) >= 11 is 3.57. The van der Waals surface area contributed by atoms with Gasteiger partial charge in [0.1, 0.15) is 5.75 Å². The van der Waals surface area contributed by atoms with E-state index in [9.17, 15) is 9.59 Å². The number of ether oxygens (including phenoxy) is 1. The molecule has 6 heteroatoms. The Hall–Kier alpha value is -3.64. The lowest BCUT2D eigenvalue weighted by Crippen LogP contribution is -2.15. The van der Waals surface area contributed by atoms with Gasteiger partial charge in [-0.1, -0.05) is 57.2 Å². The fraction of sp³-hybridized carbons (Fsp3) is 0.172. The monoisotopic (exact) mass is 530 g/mol. The van der Waals surface area contributed by atoms with Crippen molar-refractivity contribution in [3.63, 3.8) is 0 Å². The van der Waals surface area contributed by atoms with Crippen molar-refractivity contribution < 1.29 is 14.3 Å². The second-order valence-electron chi connectivity index (χ2n) is 9.31. The summed E-state index contributed by atoms with van der Waals surface area (Å²) in [4.78, 5) is 25.7. The first-order valence-corrected chi connectivity index (χ1v) is 12.1. The van der Waals surface area contributed by atoms with E-state index in [4.69, 9.17) is 4.74 Å². The molecule has 0 aliphatic heterocycles. The van der Waals surface area contributed by atoms with E-state index in [2.05, 4.69) is 47.3 Å². The number of methoxy groups -OCH3 is 1. The van der Waals surface area contributed by atoms with E-state index in [1.54, 1.807) is 31.4 Å². The summed E-state index contributed by atoms with van der Waals surface area (Å²) in [6, 6.07) is 24.2. The highest BCUT2D eigenvalue weighted by Crippen LogP contribution is 2.37. The minimum Gasteiger partial charge on any atom is -0.495 e. The number of carbonyl (C=O) groups excluding carboxylic acids is 2. The predicted molar refractivity (Wildman–Crippen MR) is 146 cm³/mol. The van der Waals surface area contributed by atoms with Gasteiger partial charge in [0, 0.05) is 16.9 Å². The van der Waals surface area contributed by atoms with Gasteiger partial charge in [-0.05, 0) is 80.1 Å². The Morgan fingerprint density at radius 1 is 0.800 bits per heavy atom. The fourth-order valence-electron chi connectivity index (χ4n) is 3.81. The maximum atomic E-state index is 13.1. The van der Waals surface area contributed by atoms with Crippen LogP contribution < -0.4 is 15.4 Å². The van der Waals surface area contributed by atoms with Crippen molar-refractivity contribution in [3.05, 3.63) is 100 Å². The molecule has 0 saturated carbocycles. The van der Waals surface area contributed by atoms with Gasteiger partial charge < -0.3 is 15.4 Å². The highest BCUT2D eigenvalue weighted by atomic mass is 79.9. The van der Waals surface area contributed by atoms with Gasteiger partial charge >= 0.3 is 0 Å². The van der Waals surface area contributed by atoms with Crippen LogP contribution in [0.5, 0.6) is 5.75 Å². The van der Waals surface area contributed by atoms with Gasteiger partial charge in [0.25, 0.3) is 11.8 Å². The molecule has 2 N–H and O–H groups in total. The lowest BCUT2D eigenvalue weighted by atomic mass is 9.87. The summed E-state index contributed by atoms with van der Waals surface area (Å²) < 4.78 is 6.25. The highest BCUT2D eigenvalue weighted by molar-refractivity contribution is 9.10. The largest absolute Gasteiger partial charge is 0.495 e. The Kier molecular flexibility index (Phi) is 6.94. The molecular weight excluding hydrogens is 504 g/mol. The van der Waals surface area contributed by atoms with Crippen LogP contribution in [-0.4, -0.2) is 18.9 Å². The summed E-state index contributed by atoms with van der Waals surface area (Å²) in [6.45, 7) is 6.41. The standard InChI is InChI=1S/C29H27BrN2O3/c1-29(2,3)20-11-9-18(10-12-20)27(33)31-21-13-15-22(16-14-21)32-28(34)24-17-19-7-5-6-8-23(19)25(30)26(24)35-4/h5-17H,1-4H3,(H,31,33)(H,32,34). The lowest BCUT2D eigenvalue weighted by Gasteiger charge is -2.19. The minimum absolute atomic E-state index is 0.0300. The molecule has 0 saturated heterocycles. The molecule has 4 rings (SSSR count). The second-order valence-corrected chi connectivity index (χ2v) is 10.1. The number of fused-ring (bicyclic) bond motifs is 1. The normalized spacial score (nSPS) is 11.2. The van der Waals surface area contributed by atoms with Crippen molar-refractivity contribution in [1.29, 1.82) is 0 Å². The van der Waals surface area contributed by atoms with Crippen LogP contribution in [0, 0.1) is 0 Å². The number of hydrogen-bond acceptors (Lipinski definition) is 3. The molecule has 0 atom stereocenters. The summed E-state index contributed by atoms with van der Waals surface area (Å²) in [5.41, 5.74) is 3.46. The molecule has 0 unspecified atom stereocenters. The zero-order valence-corrected chi connectivity index (χ0v) is 21.7. The number of halogens is 1. The van der Waals surface area contributed by atoms with Crippen LogP contribution in [0.2, 0.25) is 0 Å². The van der Waals surface area contributed by atoms with Gasteiger partial charge in [0.15, 0.2) is 0 Å². The Labute approximate surface area is 213 Å². The molecule has 35 heavy (non-hydrogen) atoms. The number of amides is 2. The van der Waals surface area contributed by atoms with E-state index in [0.29, 0.717) is 28.3 Å². The smallest absolute Gasteiger partial charge is 0.259 e. The number of hydrogen-bond donors (Lipinski definition) is 2. The van der Waals surface area contributed by atoms with E-state index < -0.39 is 0 Å². The third kappa shape index (κ3) is 5.38. The molecule has 0 heterocycles. The van der Waals surface area contributed by atoms with Gasteiger partial charge in [-0.3, -0.25) is 9.59 Å². The van der Waals surface area contributed by atoms with E-state index in [1.165, 1.54) is 5.56 Å². The van der Waals surface area contributed by atoms with Gasteiger partial charge in [0.2, 0.25) is 0 Å². The number of rotatable bonds is 5. The van der Waals surface area contributed by atoms with E-state index in [0.717, 1.165) is 15.2 Å².